The molecule has 0 unspecified atom stereocenters. The zero-order valence-corrected chi connectivity index (χ0v) is 7.47. The number of rotatable bonds is 1. The average Bonchev–Trinajstić information content (AvgIpc) is 2.34. The maximum absolute atomic E-state index is 11.9. The minimum Gasteiger partial charge on any atom is -0.316 e. The van der Waals surface area contributed by atoms with Gasteiger partial charge in [-0.15, -0.1) is 12.4 Å². The van der Waals surface area contributed by atoms with Crippen molar-refractivity contribution in [1.82, 2.24) is 0 Å². The maximum Gasteiger partial charge on any atom is 0.407 e. The van der Waals surface area contributed by atoms with E-state index in [1.807, 2.05) is 0 Å². The van der Waals surface area contributed by atoms with E-state index in [0.717, 1.165) is 0 Å². The molecule has 0 fully saturated rings. The van der Waals surface area contributed by atoms with Crippen LogP contribution in [0.3, 0.4) is 0 Å². The Morgan fingerprint density at radius 3 is 2.33 bits per heavy atom. The van der Waals surface area contributed by atoms with Gasteiger partial charge in [-0.3, -0.25) is 0 Å². The Kier molecular flexibility index (Phi) is 4.02. The lowest BCUT2D eigenvalue weighted by atomic mass is 10.2. The molecule has 0 radical (unpaired) electrons. The molecule has 6 heteroatoms. The molecule has 70 valence electrons. The number of hydrogen-bond acceptors (Lipinski definition) is 2. The molecule has 12 heavy (non-hydrogen) atoms. The third-order valence-electron chi connectivity index (χ3n) is 1.25. The minimum absolute atomic E-state index is 0. The van der Waals surface area contributed by atoms with Gasteiger partial charge in [0.15, 0.2) is 0 Å². The summed E-state index contributed by atoms with van der Waals surface area (Å²) in [4.78, 5) is 0. The summed E-state index contributed by atoms with van der Waals surface area (Å²) in [6, 6.07) is -0.461. The Morgan fingerprint density at radius 2 is 2.00 bits per heavy atom. The highest BCUT2D eigenvalue weighted by atomic mass is 35.5. The van der Waals surface area contributed by atoms with E-state index in [1.165, 1.54) is 22.8 Å². The number of nitrogens with two attached hydrogens (primary N) is 1. The number of halogens is 4. The molecule has 2 N–H and O–H groups in total. The van der Waals surface area contributed by atoms with Crippen LogP contribution in [0.2, 0.25) is 0 Å². The first-order valence-corrected chi connectivity index (χ1v) is 3.80. The second kappa shape index (κ2) is 4.11. The SMILES string of the molecule is Cl.N[C@@H](c1ccsc1)C(F)(F)F. The molecule has 1 aromatic heterocycles. The topological polar surface area (TPSA) is 26.0 Å². The summed E-state index contributed by atoms with van der Waals surface area (Å²) in [5, 5.41) is 2.97. The van der Waals surface area contributed by atoms with E-state index >= 15 is 0 Å². The van der Waals surface area contributed by atoms with Crippen molar-refractivity contribution in [3.05, 3.63) is 22.4 Å². The van der Waals surface area contributed by atoms with Gasteiger partial charge in [0, 0.05) is 0 Å². The summed E-state index contributed by atoms with van der Waals surface area (Å²) in [6.45, 7) is 0. The average molecular weight is 218 g/mol. The molecular formula is C6H7ClF3NS. The van der Waals surface area contributed by atoms with Crippen molar-refractivity contribution in [1.29, 1.82) is 0 Å². The van der Waals surface area contributed by atoms with Crippen LogP contribution in [0.5, 0.6) is 0 Å². The summed E-state index contributed by atoms with van der Waals surface area (Å²) in [5.74, 6) is 0. The van der Waals surface area contributed by atoms with Gasteiger partial charge in [0.2, 0.25) is 0 Å². The number of hydrogen-bond donors (Lipinski definition) is 1. The minimum atomic E-state index is -4.33. The van der Waals surface area contributed by atoms with Crippen LogP contribution in [0.25, 0.3) is 0 Å². The summed E-state index contributed by atoms with van der Waals surface area (Å²) >= 11 is 1.20. The third-order valence-corrected chi connectivity index (χ3v) is 1.96. The standard InChI is InChI=1S/C6H6F3NS.ClH/c7-6(8,9)5(10)4-1-2-11-3-4;/h1-3,5H,10H2;1H/t5-;/m0./s1. The Hall–Kier alpha value is -0.260. The summed E-state index contributed by atoms with van der Waals surface area (Å²) in [5.41, 5.74) is 5.03. The molecular weight excluding hydrogens is 211 g/mol. The molecule has 1 atom stereocenters. The van der Waals surface area contributed by atoms with Crippen molar-refractivity contribution in [2.24, 2.45) is 5.73 Å². The molecule has 1 nitrogen and oxygen atoms in total. The van der Waals surface area contributed by atoms with E-state index in [0.29, 0.717) is 0 Å². The highest BCUT2D eigenvalue weighted by Crippen LogP contribution is 2.31. The maximum atomic E-state index is 11.9. The van der Waals surface area contributed by atoms with Crippen LogP contribution in [0, 0.1) is 0 Å². The fourth-order valence-corrected chi connectivity index (χ4v) is 1.34. The van der Waals surface area contributed by atoms with Gasteiger partial charge in [-0.05, 0) is 22.4 Å². The van der Waals surface area contributed by atoms with Crippen molar-refractivity contribution in [3.63, 3.8) is 0 Å². The van der Waals surface area contributed by atoms with E-state index in [4.69, 9.17) is 5.73 Å². The van der Waals surface area contributed by atoms with Crippen molar-refractivity contribution >= 4 is 23.7 Å². The predicted octanol–water partition coefficient (Wildman–Crippen LogP) is 2.73. The summed E-state index contributed by atoms with van der Waals surface area (Å²) < 4.78 is 35.7. The molecule has 1 heterocycles. The first-order chi connectivity index (χ1) is 5.02. The van der Waals surface area contributed by atoms with Crippen LogP contribution >= 0.6 is 23.7 Å². The van der Waals surface area contributed by atoms with Crippen molar-refractivity contribution in [3.8, 4) is 0 Å². The molecule has 0 saturated heterocycles. The second-order valence-corrected chi connectivity index (χ2v) is 2.86. The molecule has 0 bridgehead atoms. The molecule has 0 spiro atoms. The van der Waals surface area contributed by atoms with Gasteiger partial charge in [0.25, 0.3) is 0 Å². The predicted molar refractivity (Wildman–Crippen MR) is 44.6 cm³/mol. The van der Waals surface area contributed by atoms with Gasteiger partial charge in [0.1, 0.15) is 6.04 Å². The van der Waals surface area contributed by atoms with Crippen LogP contribution in [-0.2, 0) is 0 Å². The van der Waals surface area contributed by atoms with Crippen LogP contribution in [-0.4, -0.2) is 6.18 Å². The van der Waals surface area contributed by atoms with Crippen LogP contribution in [0.15, 0.2) is 16.8 Å². The molecule has 0 aliphatic heterocycles. The quantitative estimate of drug-likeness (QED) is 0.769. The Morgan fingerprint density at radius 1 is 1.42 bits per heavy atom. The Balaban J connectivity index is 0.00000121. The van der Waals surface area contributed by atoms with Gasteiger partial charge in [-0.25, -0.2) is 0 Å². The fourth-order valence-electron chi connectivity index (χ4n) is 0.641. The van der Waals surface area contributed by atoms with Crippen LogP contribution in [0.1, 0.15) is 11.6 Å². The Labute approximate surface area is 77.8 Å². The number of alkyl halides is 3. The molecule has 1 rings (SSSR count). The van der Waals surface area contributed by atoms with Gasteiger partial charge < -0.3 is 5.73 Å². The molecule has 0 amide bonds. The lowest BCUT2D eigenvalue weighted by Crippen LogP contribution is -2.27. The molecule has 0 aliphatic rings. The van der Waals surface area contributed by atoms with Crippen molar-refractivity contribution in [2.45, 2.75) is 12.2 Å². The normalized spacial score (nSPS) is 13.7. The fraction of sp³-hybridized carbons (Fsp3) is 0.333. The van der Waals surface area contributed by atoms with Crippen molar-refractivity contribution < 1.29 is 13.2 Å². The van der Waals surface area contributed by atoms with Gasteiger partial charge in [0.05, 0.1) is 0 Å². The molecule has 0 aromatic carbocycles. The zero-order valence-electron chi connectivity index (χ0n) is 5.84. The first kappa shape index (κ1) is 11.7. The summed E-state index contributed by atoms with van der Waals surface area (Å²) in [6.07, 6.45) is -4.33. The van der Waals surface area contributed by atoms with Gasteiger partial charge in [-0.1, -0.05) is 0 Å². The monoisotopic (exact) mass is 217 g/mol. The van der Waals surface area contributed by atoms with E-state index < -0.39 is 12.2 Å². The van der Waals surface area contributed by atoms with Gasteiger partial charge >= 0.3 is 6.18 Å². The highest BCUT2D eigenvalue weighted by molar-refractivity contribution is 7.07. The van der Waals surface area contributed by atoms with Crippen LogP contribution in [0.4, 0.5) is 13.2 Å². The molecule has 1 aromatic rings. The smallest absolute Gasteiger partial charge is 0.316 e. The largest absolute Gasteiger partial charge is 0.407 e. The molecule has 0 saturated carbocycles. The number of thiophene rings is 1. The van der Waals surface area contributed by atoms with Crippen LogP contribution < -0.4 is 5.73 Å². The van der Waals surface area contributed by atoms with E-state index in [2.05, 4.69) is 0 Å². The highest BCUT2D eigenvalue weighted by Gasteiger charge is 2.37. The molecule has 0 aliphatic carbocycles. The second-order valence-electron chi connectivity index (χ2n) is 2.08. The third kappa shape index (κ3) is 2.66. The van der Waals surface area contributed by atoms with Gasteiger partial charge in [-0.2, -0.15) is 24.5 Å². The van der Waals surface area contributed by atoms with E-state index in [1.54, 1.807) is 5.38 Å². The van der Waals surface area contributed by atoms with Crippen molar-refractivity contribution in [2.75, 3.05) is 0 Å². The first-order valence-electron chi connectivity index (χ1n) is 2.86. The lowest BCUT2D eigenvalue weighted by Gasteiger charge is -2.13. The lowest BCUT2D eigenvalue weighted by molar-refractivity contribution is -0.149. The zero-order chi connectivity index (χ0) is 8.48. The van der Waals surface area contributed by atoms with E-state index in [9.17, 15) is 13.2 Å². The summed E-state index contributed by atoms with van der Waals surface area (Å²) in [7, 11) is 0. The Bertz CT molecular complexity index is 221. The van der Waals surface area contributed by atoms with E-state index in [-0.39, 0.29) is 18.0 Å².